The quantitative estimate of drug-likeness (QED) is 0.833. The van der Waals surface area contributed by atoms with E-state index in [0.29, 0.717) is 23.7 Å². The van der Waals surface area contributed by atoms with Crippen molar-refractivity contribution in [2.45, 2.75) is 38.5 Å². The van der Waals surface area contributed by atoms with Crippen molar-refractivity contribution < 1.29 is 14.1 Å². The molecule has 4 heterocycles. The fourth-order valence-corrected chi connectivity index (χ4v) is 4.13. The van der Waals surface area contributed by atoms with Gasteiger partial charge >= 0.3 is 0 Å². The number of piperidine rings is 1. The summed E-state index contributed by atoms with van der Waals surface area (Å²) in [6.07, 6.45) is 5.91. The Labute approximate surface area is 170 Å². The second-order valence-corrected chi connectivity index (χ2v) is 7.92. The number of aryl methyl sites for hydroxylation is 1. The number of nitrogens with zero attached hydrogens (tertiary/aromatic N) is 4. The highest BCUT2D eigenvalue weighted by atomic mass is 16.5. The number of carbonyl (C=O) groups is 2. The smallest absolute Gasteiger partial charge is 0.255 e. The van der Waals surface area contributed by atoms with E-state index < -0.39 is 0 Å². The van der Waals surface area contributed by atoms with Gasteiger partial charge in [0.2, 0.25) is 5.91 Å². The van der Waals surface area contributed by atoms with Crippen molar-refractivity contribution in [1.82, 2.24) is 19.9 Å². The summed E-state index contributed by atoms with van der Waals surface area (Å²) in [7, 11) is 0. The van der Waals surface area contributed by atoms with Gasteiger partial charge in [-0.05, 0) is 51.3 Å². The maximum Gasteiger partial charge on any atom is 0.255 e. The highest BCUT2D eigenvalue weighted by Gasteiger charge is 2.25. The molecule has 0 radical (unpaired) electrons. The lowest BCUT2D eigenvalue weighted by Gasteiger charge is -2.31. The predicted octanol–water partition coefficient (Wildman–Crippen LogP) is 2.43. The number of nitrogens with one attached hydrogen (secondary N) is 1. The molecule has 2 aromatic heterocycles. The molecule has 2 aliphatic rings. The Bertz CT molecular complexity index is 857. The molecule has 2 aromatic rings. The summed E-state index contributed by atoms with van der Waals surface area (Å²) in [6, 6.07) is 5.56. The van der Waals surface area contributed by atoms with Crippen LogP contribution in [0.25, 0.3) is 0 Å². The molecular formula is C21H27N5O3. The van der Waals surface area contributed by atoms with E-state index in [1.165, 1.54) is 0 Å². The summed E-state index contributed by atoms with van der Waals surface area (Å²) < 4.78 is 4.98. The van der Waals surface area contributed by atoms with Gasteiger partial charge in [-0.15, -0.1) is 0 Å². The van der Waals surface area contributed by atoms with Crippen LogP contribution in [-0.4, -0.2) is 64.5 Å². The topological polar surface area (TPSA) is 91.6 Å². The minimum Gasteiger partial charge on any atom is -0.360 e. The summed E-state index contributed by atoms with van der Waals surface area (Å²) in [5.74, 6) is 1.35. The van der Waals surface area contributed by atoms with E-state index in [1.54, 1.807) is 19.2 Å². The third-order valence-electron chi connectivity index (χ3n) is 5.61. The van der Waals surface area contributed by atoms with Crippen LogP contribution in [0.4, 0.5) is 5.82 Å². The Hall–Kier alpha value is -2.74. The molecule has 8 nitrogen and oxygen atoms in total. The highest BCUT2D eigenvalue weighted by molar-refractivity contribution is 5.94. The zero-order valence-corrected chi connectivity index (χ0v) is 16.8. The van der Waals surface area contributed by atoms with E-state index in [0.717, 1.165) is 57.6 Å². The monoisotopic (exact) mass is 397 g/mol. The van der Waals surface area contributed by atoms with Gasteiger partial charge in [-0.25, -0.2) is 0 Å². The average Bonchev–Trinajstić information content (AvgIpc) is 3.40. The summed E-state index contributed by atoms with van der Waals surface area (Å²) in [4.78, 5) is 33.4. The van der Waals surface area contributed by atoms with Crippen molar-refractivity contribution in [3.63, 3.8) is 0 Å². The Balaban J connectivity index is 1.33. The molecule has 29 heavy (non-hydrogen) atoms. The van der Waals surface area contributed by atoms with Crippen molar-refractivity contribution in [3.8, 4) is 0 Å². The van der Waals surface area contributed by atoms with Crippen LogP contribution in [0.15, 0.2) is 28.9 Å². The number of hydrogen-bond acceptors (Lipinski definition) is 6. The standard InChI is InChI=1S/C21H27N5O3/c1-15-11-19(24-29-15)23-20(27)14-25-8-4-5-17(13-25)18-7-6-16(12-22-18)21(28)26-9-2-3-10-26/h6-7,11-12,17H,2-5,8-10,13-14H2,1H3,(H,23,24,27)/t17-/m0/s1. The molecule has 2 aliphatic heterocycles. The second-order valence-electron chi connectivity index (χ2n) is 7.92. The van der Waals surface area contributed by atoms with Gasteiger partial charge < -0.3 is 14.7 Å². The van der Waals surface area contributed by atoms with Crippen LogP contribution < -0.4 is 5.32 Å². The highest BCUT2D eigenvalue weighted by Crippen LogP contribution is 2.26. The minimum absolute atomic E-state index is 0.0755. The maximum absolute atomic E-state index is 12.5. The lowest BCUT2D eigenvalue weighted by atomic mass is 9.94. The van der Waals surface area contributed by atoms with Gasteiger partial charge in [0, 0.05) is 43.5 Å². The molecule has 154 valence electrons. The fourth-order valence-electron chi connectivity index (χ4n) is 4.13. The first-order valence-corrected chi connectivity index (χ1v) is 10.3. The molecule has 1 atom stereocenters. The first-order chi connectivity index (χ1) is 14.1. The molecule has 0 spiro atoms. The van der Waals surface area contributed by atoms with Gasteiger partial charge in [-0.1, -0.05) is 5.16 Å². The summed E-state index contributed by atoms with van der Waals surface area (Å²) in [5.41, 5.74) is 1.64. The predicted molar refractivity (Wildman–Crippen MR) is 108 cm³/mol. The largest absolute Gasteiger partial charge is 0.360 e. The van der Waals surface area contributed by atoms with E-state index in [9.17, 15) is 9.59 Å². The van der Waals surface area contributed by atoms with Crippen molar-refractivity contribution in [2.24, 2.45) is 0 Å². The van der Waals surface area contributed by atoms with Crippen molar-refractivity contribution in [3.05, 3.63) is 41.4 Å². The van der Waals surface area contributed by atoms with E-state index in [-0.39, 0.29) is 17.7 Å². The second kappa shape index (κ2) is 8.73. The van der Waals surface area contributed by atoms with Crippen LogP contribution in [-0.2, 0) is 4.79 Å². The molecule has 1 N–H and O–H groups in total. The minimum atomic E-state index is -0.0986. The van der Waals surface area contributed by atoms with Crippen LogP contribution in [0.3, 0.4) is 0 Å². The summed E-state index contributed by atoms with van der Waals surface area (Å²) >= 11 is 0. The maximum atomic E-state index is 12.5. The van der Waals surface area contributed by atoms with Crippen molar-refractivity contribution >= 4 is 17.6 Å². The Kier molecular flexibility index (Phi) is 5.89. The Morgan fingerprint density at radius 3 is 2.72 bits per heavy atom. The average molecular weight is 397 g/mol. The van der Waals surface area contributed by atoms with E-state index in [1.807, 2.05) is 17.0 Å². The molecule has 2 fully saturated rings. The van der Waals surface area contributed by atoms with Gasteiger partial charge in [-0.3, -0.25) is 19.5 Å². The van der Waals surface area contributed by atoms with Crippen LogP contribution in [0, 0.1) is 6.92 Å². The number of likely N-dealkylation sites (tertiary alicyclic amines) is 2. The Morgan fingerprint density at radius 2 is 2.03 bits per heavy atom. The number of aromatic nitrogens is 2. The lowest BCUT2D eigenvalue weighted by molar-refractivity contribution is -0.117. The van der Waals surface area contributed by atoms with E-state index in [4.69, 9.17) is 4.52 Å². The van der Waals surface area contributed by atoms with Gasteiger partial charge in [0.05, 0.1) is 12.1 Å². The number of amides is 2. The molecule has 0 saturated carbocycles. The third-order valence-corrected chi connectivity index (χ3v) is 5.61. The molecule has 2 amide bonds. The molecule has 0 bridgehead atoms. The van der Waals surface area contributed by atoms with Gasteiger partial charge in [0.1, 0.15) is 5.76 Å². The molecule has 4 rings (SSSR count). The molecule has 0 aromatic carbocycles. The number of hydrogen-bond donors (Lipinski definition) is 1. The van der Waals surface area contributed by atoms with E-state index in [2.05, 4.69) is 20.4 Å². The summed E-state index contributed by atoms with van der Waals surface area (Å²) in [6.45, 7) is 5.44. The number of pyridine rings is 1. The molecular weight excluding hydrogens is 370 g/mol. The fraction of sp³-hybridized carbons (Fsp3) is 0.524. The number of rotatable bonds is 5. The van der Waals surface area contributed by atoms with Gasteiger partial charge in [0.25, 0.3) is 5.91 Å². The molecule has 0 aliphatic carbocycles. The van der Waals surface area contributed by atoms with E-state index >= 15 is 0 Å². The Morgan fingerprint density at radius 1 is 1.21 bits per heavy atom. The molecule has 8 heteroatoms. The first-order valence-electron chi connectivity index (χ1n) is 10.3. The van der Waals surface area contributed by atoms with Gasteiger partial charge in [-0.2, -0.15) is 0 Å². The molecule has 2 saturated heterocycles. The van der Waals surface area contributed by atoms with Crippen molar-refractivity contribution in [1.29, 1.82) is 0 Å². The SMILES string of the molecule is Cc1cc(NC(=O)CN2CCC[C@H](c3ccc(C(=O)N4CCCC4)cn3)C2)no1. The zero-order valence-electron chi connectivity index (χ0n) is 16.8. The first kappa shape index (κ1) is 19.6. The van der Waals surface area contributed by atoms with Crippen LogP contribution in [0.2, 0.25) is 0 Å². The molecule has 0 unspecified atom stereocenters. The summed E-state index contributed by atoms with van der Waals surface area (Å²) in [5, 5.41) is 6.56. The third kappa shape index (κ3) is 4.82. The normalized spacial score (nSPS) is 20.0. The van der Waals surface area contributed by atoms with Crippen LogP contribution in [0.5, 0.6) is 0 Å². The van der Waals surface area contributed by atoms with Crippen LogP contribution >= 0.6 is 0 Å². The zero-order chi connectivity index (χ0) is 20.2. The number of anilines is 1. The van der Waals surface area contributed by atoms with Crippen LogP contribution in [0.1, 0.15) is 53.4 Å². The number of carbonyl (C=O) groups excluding carboxylic acids is 2. The van der Waals surface area contributed by atoms with Crippen molar-refractivity contribution in [2.75, 3.05) is 38.0 Å². The lowest BCUT2D eigenvalue weighted by Crippen LogP contribution is -2.40. The van der Waals surface area contributed by atoms with Gasteiger partial charge in [0.15, 0.2) is 5.82 Å².